The van der Waals surface area contributed by atoms with E-state index in [1.165, 1.54) is 18.2 Å². The first-order valence-corrected chi connectivity index (χ1v) is 15.9. The van der Waals surface area contributed by atoms with Crippen molar-refractivity contribution < 1.29 is 32.7 Å². The summed E-state index contributed by atoms with van der Waals surface area (Å²) in [4.78, 5) is 33.8. The fourth-order valence-corrected chi connectivity index (χ4v) is 6.43. The van der Waals surface area contributed by atoms with Gasteiger partial charge in [0.15, 0.2) is 0 Å². The summed E-state index contributed by atoms with van der Waals surface area (Å²) < 4.78 is 40.3. The number of pyridine rings is 1. The van der Waals surface area contributed by atoms with Crippen LogP contribution >= 0.6 is 0 Å². The lowest BCUT2D eigenvalue weighted by molar-refractivity contribution is -0.384. The Morgan fingerprint density at radius 3 is 2.82 bits per heavy atom. The number of ether oxygens (including phenoxy) is 2. The topological polar surface area (TPSA) is 189 Å². The first-order chi connectivity index (χ1) is 21.5. The fraction of sp³-hybridized carbons (Fsp3) is 0.333. The first-order valence-electron chi connectivity index (χ1n) is 14.4. The number of sulfonamides is 1. The molecule has 14 nitrogen and oxygen atoms in total. The normalized spacial score (nSPS) is 20.1. The van der Waals surface area contributed by atoms with Crippen LogP contribution in [0, 0.1) is 10.1 Å². The van der Waals surface area contributed by atoms with Gasteiger partial charge in [-0.05, 0) is 62.6 Å². The lowest BCUT2D eigenvalue weighted by atomic mass is 9.96. The predicted molar refractivity (Wildman–Crippen MR) is 165 cm³/mol. The number of para-hydroxylation sites is 1. The first kappa shape index (κ1) is 30.3. The zero-order valence-corrected chi connectivity index (χ0v) is 25.2. The van der Waals surface area contributed by atoms with E-state index in [0.29, 0.717) is 55.3 Å². The zero-order valence-electron chi connectivity index (χ0n) is 24.4. The number of hydrogen-bond acceptors (Lipinski definition) is 11. The van der Waals surface area contributed by atoms with Crippen LogP contribution in [0.25, 0.3) is 11.0 Å². The molecule has 45 heavy (non-hydrogen) atoms. The van der Waals surface area contributed by atoms with E-state index in [1.54, 1.807) is 31.3 Å². The molecule has 236 valence electrons. The summed E-state index contributed by atoms with van der Waals surface area (Å²) in [5, 5.41) is 25.7. The number of carbonyl (C=O) groups is 1. The van der Waals surface area contributed by atoms with Crippen LogP contribution in [0.5, 0.6) is 5.88 Å². The Bertz CT molecular complexity index is 1870. The number of aromatic nitrogens is 2. The summed E-state index contributed by atoms with van der Waals surface area (Å²) in [6.07, 6.45) is 3.18. The Morgan fingerprint density at radius 2 is 2.04 bits per heavy atom. The molecule has 0 bridgehead atoms. The van der Waals surface area contributed by atoms with Crippen molar-refractivity contribution in [1.29, 1.82) is 0 Å². The zero-order chi connectivity index (χ0) is 31.8. The van der Waals surface area contributed by atoms with Gasteiger partial charge < -0.3 is 29.8 Å². The minimum Gasteiger partial charge on any atom is -0.476 e. The highest BCUT2D eigenvalue weighted by molar-refractivity contribution is 7.90. The standard InChI is InChI=1S/C30H32N6O8S/c1-30(38)11-9-20(44-18-30)17-32-23-8-7-21(16-25(23)36(39)40)45(41,42)34-28(37)22-5-2-3-6-24(22)35-13-4-14-43-29-26(35)15-19-10-12-31-27(19)33-29/h2-3,5-8,10,12,15-16,20,32,38H,4,9,11,13-14,17-18H2,1H3,(H,31,33)(H,34,37)/t20-,30+/m1/s1. The van der Waals surface area contributed by atoms with Crippen LogP contribution in [-0.4, -0.2) is 72.3 Å². The molecular weight excluding hydrogens is 604 g/mol. The third-order valence-corrected chi connectivity index (χ3v) is 9.16. The van der Waals surface area contributed by atoms with Crippen LogP contribution in [0.3, 0.4) is 0 Å². The van der Waals surface area contributed by atoms with Gasteiger partial charge in [-0.25, -0.2) is 13.1 Å². The molecule has 1 amide bonds. The molecule has 4 aromatic rings. The molecule has 2 aliphatic rings. The van der Waals surface area contributed by atoms with E-state index in [-0.39, 0.29) is 30.5 Å². The van der Waals surface area contributed by atoms with Crippen LogP contribution in [0.1, 0.15) is 36.5 Å². The number of fused-ring (bicyclic) bond motifs is 2. The number of benzene rings is 2. The second kappa shape index (κ2) is 12.0. The number of nitrogens with zero attached hydrogens (tertiary/aromatic N) is 3. The minimum atomic E-state index is -4.51. The average Bonchev–Trinajstić information content (AvgIpc) is 3.37. The highest BCUT2D eigenvalue weighted by Crippen LogP contribution is 2.38. The van der Waals surface area contributed by atoms with Gasteiger partial charge in [-0.2, -0.15) is 4.98 Å². The molecule has 2 aliphatic heterocycles. The van der Waals surface area contributed by atoms with Crippen molar-refractivity contribution in [2.75, 3.05) is 36.5 Å². The van der Waals surface area contributed by atoms with Gasteiger partial charge in [0.2, 0.25) is 5.88 Å². The molecule has 1 saturated heterocycles. The number of nitro benzene ring substituents is 1. The maximum absolute atomic E-state index is 13.5. The Labute approximate surface area is 258 Å². The number of anilines is 3. The molecule has 2 atom stereocenters. The molecule has 2 aromatic heterocycles. The van der Waals surface area contributed by atoms with E-state index in [0.717, 1.165) is 11.5 Å². The SMILES string of the molecule is C[C@]1(O)CC[C@H](CNc2ccc(S(=O)(=O)NC(=O)c3ccccc3N3CCCOc4nc5[nH]ccc5cc43)cc2[N+](=O)[O-])OC1. The van der Waals surface area contributed by atoms with Crippen LogP contribution in [0.2, 0.25) is 0 Å². The van der Waals surface area contributed by atoms with Crippen molar-refractivity contribution in [1.82, 2.24) is 14.7 Å². The van der Waals surface area contributed by atoms with Gasteiger partial charge in [-0.15, -0.1) is 0 Å². The molecule has 1 fully saturated rings. The molecular formula is C30H32N6O8S. The lowest BCUT2D eigenvalue weighted by Crippen LogP contribution is -2.41. The second-order valence-corrected chi connectivity index (χ2v) is 13.0. The van der Waals surface area contributed by atoms with Gasteiger partial charge in [0.25, 0.3) is 21.6 Å². The van der Waals surface area contributed by atoms with E-state index in [9.17, 15) is 28.4 Å². The molecule has 4 N–H and O–H groups in total. The van der Waals surface area contributed by atoms with E-state index < -0.39 is 37.0 Å². The maximum atomic E-state index is 13.5. The van der Waals surface area contributed by atoms with Crippen molar-refractivity contribution in [3.05, 3.63) is 76.5 Å². The van der Waals surface area contributed by atoms with Gasteiger partial charge in [0, 0.05) is 30.7 Å². The third-order valence-electron chi connectivity index (χ3n) is 7.83. The number of aliphatic hydroxyl groups is 1. The Kier molecular flexibility index (Phi) is 8.07. The van der Waals surface area contributed by atoms with Crippen LogP contribution in [0.15, 0.2) is 65.7 Å². The Morgan fingerprint density at radius 1 is 1.22 bits per heavy atom. The highest BCUT2D eigenvalue weighted by atomic mass is 32.2. The van der Waals surface area contributed by atoms with Crippen molar-refractivity contribution >= 4 is 49.7 Å². The summed E-state index contributed by atoms with van der Waals surface area (Å²) in [6, 6.07) is 13.7. The molecule has 2 aromatic carbocycles. The van der Waals surface area contributed by atoms with Crippen LogP contribution < -0.4 is 19.7 Å². The van der Waals surface area contributed by atoms with Crippen LogP contribution in [0.4, 0.5) is 22.7 Å². The van der Waals surface area contributed by atoms with Gasteiger partial charge in [-0.3, -0.25) is 14.9 Å². The van der Waals surface area contributed by atoms with Gasteiger partial charge in [0.1, 0.15) is 17.0 Å². The average molecular weight is 637 g/mol. The summed E-state index contributed by atoms with van der Waals surface area (Å²) in [5.74, 6) is -0.517. The van der Waals surface area contributed by atoms with Gasteiger partial charge >= 0.3 is 0 Å². The monoisotopic (exact) mass is 636 g/mol. The highest BCUT2D eigenvalue weighted by Gasteiger charge is 2.31. The van der Waals surface area contributed by atoms with Crippen molar-refractivity contribution in [2.24, 2.45) is 0 Å². The summed E-state index contributed by atoms with van der Waals surface area (Å²) >= 11 is 0. The minimum absolute atomic E-state index is 0.0855. The predicted octanol–water partition coefficient (Wildman–Crippen LogP) is 3.85. The van der Waals surface area contributed by atoms with E-state index in [4.69, 9.17) is 9.47 Å². The number of amides is 1. The summed E-state index contributed by atoms with van der Waals surface area (Å²) in [5.41, 5.74) is 0.530. The molecule has 0 unspecified atom stereocenters. The van der Waals surface area contributed by atoms with Crippen molar-refractivity contribution in [2.45, 2.75) is 42.8 Å². The number of H-pyrrole nitrogens is 1. The van der Waals surface area contributed by atoms with Gasteiger partial charge in [-0.1, -0.05) is 12.1 Å². The van der Waals surface area contributed by atoms with Gasteiger partial charge in [0.05, 0.1) is 46.0 Å². The Hall–Kier alpha value is -4.73. The molecule has 0 spiro atoms. The summed E-state index contributed by atoms with van der Waals surface area (Å²) in [6.45, 7) is 2.94. The number of aromatic amines is 1. The van der Waals surface area contributed by atoms with Crippen LogP contribution in [-0.2, 0) is 14.8 Å². The lowest BCUT2D eigenvalue weighted by Gasteiger charge is -2.33. The molecule has 0 aliphatic carbocycles. The Balaban J connectivity index is 1.23. The number of nitrogens with one attached hydrogen (secondary N) is 3. The van der Waals surface area contributed by atoms with E-state index >= 15 is 0 Å². The molecule has 0 radical (unpaired) electrons. The molecule has 6 rings (SSSR count). The molecule has 0 saturated carbocycles. The van der Waals surface area contributed by atoms with E-state index in [1.807, 2.05) is 17.0 Å². The number of nitro groups is 1. The summed E-state index contributed by atoms with van der Waals surface area (Å²) in [7, 11) is -4.51. The smallest absolute Gasteiger partial charge is 0.293 e. The van der Waals surface area contributed by atoms with Crippen molar-refractivity contribution in [3.63, 3.8) is 0 Å². The quantitative estimate of drug-likeness (QED) is 0.162. The molecule has 15 heteroatoms. The second-order valence-electron chi connectivity index (χ2n) is 11.3. The molecule has 4 heterocycles. The number of hydrogen-bond donors (Lipinski definition) is 4. The largest absolute Gasteiger partial charge is 0.476 e. The third kappa shape index (κ3) is 6.41. The maximum Gasteiger partial charge on any atom is 0.293 e. The fourth-order valence-electron chi connectivity index (χ4n) is 5.44. The number of rotatable bonds is 8. The van der Waals surface area contributed by atoms with E-state index in [2.05, 4.69) is 20.0 Å². The number of carbonyl (C=O) groups excluding carboxylic acids is 1. The van der Waals surface area contributed by atoms with Crippen molar-refractivity contribution in [3.8, 4) is 5.88 Å².